The standard InChI is InChI=1S/C13H11ClFNO/c14-10-2-1-3-11(15)13(10)12(17)8-9-4-6-16-7-5-9/h1-7,12,17H,8H2. The topological polar surface area (TPSA) is 33.1 Å². The number of aromatic nitrogens is 1. The number of aliphatic hydroxyl groups excluding tert-OH is 1. The minimum Gasteiger partial charge on any atom is -0.388 e. The monoisotopic (exact) mass is 251 g/mol. The molecule has 1 N–H and O–H groups in total. The predicted octanol–water partition coefficient (Wildman–Crippen LogP) is 3.15. The third kappa shape index (κ3) is 2.81. The predicted molar refractivity (Wildman–Crippen MR) is 64.3 cm³/mol. The van der Waals surface area contributed by atoms with E-state index < -0.39 is 11.9 Å². The van der Waals surface area contributed by atoms with Gasteiger partial charge in [-0.05, 0) is 29.8 Å². The maximum absolute atomic E-state index is 13.5. The highest BCUT2D eigenvalue weighted by Crippen LogP contribution is 2.27. The maximum atomic E-state index is 13.5. The molecule has 0 amide bonds. The van der Waals surface area contributed by atoms with Gasteiger partial charge in [0, 0.05) is 29.4 Å². The molecule has 4 heteroatoms. The Labute approximate surface area is 104 Å². The van der Waals surface area contributed by atoms with Crippen molar-refractivity contribution in [3.63, 3.8) is 0 Å². The second kappa shape index (κ2) is 5.25. The number of pyridine rings is 1. The average Bonchev–Trinajstić information content (AvgIpc) is 2.30. The highest BCUT2D eigenvalue weighted by atomic mass is 35.5. The average molecular weight is 252 g/mol. The molecule has 0 aliphatic carbocycles. The van der Waals surface area contributed by atoms with Gasteiger partial charge in [-0.3, -0.25) is 4.98 Å². The first-order chi connectivity index (χ1) is 8.18. The Morgan fingerprint density at radius 1 is 1.24 bits per heavy atom. The van der Waals surface area contributed by atoms with Gasteiger partial charge in [0.2, 0.25) is 0 Å². The van der Waals surface area contributed by atoms with Crippen LogP contribution in [0.1, 0.15) is 17.2 Å². The molecule has 0 fully saturated rings. The van der Waals surface area contributed by atoms with Gasteiger partial charge in [-0.25, -0.2) is 4.39 Å². The second-order valence-electron chi connectivity index (χ2n) is 3.71. The van der Waals surface area contributed by atoms with E-state index in [-0.39, 0.29) is 10.6 Å². The van der Waals surface area contributed by atoms with E-state index in [0.717, 1.165) is 5.56 Å². The first kappa shape index (κ1) is 12.0. The van der Waals surface area contributed by atoms with Crippen molar-refractivity contribution in [1.29, 1.82) is 0 Å². The van der Waals surface area contributed by atoms with Crippen LogP contribution in [0, 0.1) is 5.82 Å². The fourth-order valence-electron chi connectivity index (χ4n) is 1.67. The number of halogens is 2. The van der Waals surface area contributed by atoms with Crippen molar-refractivity contribution in [3.05, 3.63) is 64.7 Å². The summed E-state index contributed by atoms with van der Waals surface area (Å²) in [6.45, 7) is 0. The quantitative estimate of drug-likeness (QED) is 0.909. The van der Waals surface area contributed by atoms with E-state index in [1.165, 1.54) is 12.1 Å². The molecule has 0 bridgehead atoms. The number of rotatable bonds is 3. The molecular weight excluding hydrogens is 241 g/mol. The Bertz CT molecular complexity index is 484. The van der Waals surface area contributed by atoms with Gasteiger partial charge in [0.05, 0.1) is 6.10 Å². The van der Waals surface area contributed by atoms with Gasteiger partial charge in [0.25, 0.3) is 0 Å². The summed E-state index contributed by atoms with van der Waals surface area (Å²) >= 11 is 5.88. The van der Waals surface area contributed by atoms with E-state index in [1.807, 2.05) is 0 Å². The van der Waals surface area contributed by atoms with Gasteiger partial charge >= 0.3 is 0 Å². The molecule has 2 nitrogen and oxygen atoms in total. The molecule has 1 heterocycles. The largest absolute Gasteiger partial charge is 0.388 e. The minimum absolute atomic E-state index is 0.144. The summed E-state index contributed by atoms with van der Waals surface area (Å²) in [6.07, 6.45) is 2.62. The molecule has 1 aromatic heterocycles. The lowest BCUT2D eigenvalue weighted by Crippen LogP contribution is -2.05. The smallest absolute Gasteiger partial charge is 0.130 e. The van der Waals surface area contributed by atoms with Crippen LogP contribution in [0.3, 0.4) is 0 Å². The van der Waals surface area contributed by atoms with Crippen LogP contribution in [0.2, 0.25) is 5.02 Å². The van der Waals surface area contributed by atoms with Crippen LogP contribution >= 0.6 is 11.6 Å². The molecule has 1 atom stereocenters. The van der Waals surface area contributed by atoms with Crippen LogP contribution in [0.4, 0.5) is 4.39 Å². The Balaban J connectivity index is 2.23. The number of hydrogen-bond acceptors (Lipinski definition) is 2. The maximum Gasteiger partial charge on any atom is 0.130 e. The fourth-order valence-corrected chi connectivity index (χ4v) is 1.96. The van der Waals surface area contributed by atoms with Crippen LogP contribution in [0.15, 0.2) is 42.7 Å². The highest BCUT2D eigenvalue weighted by Gasteiger charge is 2.16. The normalized spacial score (nSPS) is 12.4. The molecule has 2 aromatic rings. The molecule has 88 valence electrons. The van der Waals surface area contributed by atoms with Crippen LogP contribution in [-0.2, 0) is 6.42 Å². The molecule has 0 spiro atoms. The van der Waals surface area contributed by atoms with Crippen molar-refractivity contribution in [2.24, 2.45) is 0 Å². The van der Waals surface area contributed by atoms with Crippen molar-refractivity contribution >= 4 is 11.6 Å². The summed E-state index contributed by atoms with van der Waals surface area (Å²) in [5.41, 5.74) is 1.03. The third-order valence-corrected chi connectivity index (χ3v) is 2.84. The third-order valence-electron chi connectivity index (χ3n) is 2.51. The fraction of sp³-hybridized carbons (Fsp3) is 0.154. The van der Waals surface area contributed by atoms with E-state index in [1.54, 1.807) is 30.6 Å². The van der Waals surface area contributed by atoms with Gasteiger partial charge in [-0.1, -0.05) is 17.7 Å². The second-order valence-corrected chi connectivity index (χ2v) is 4.12. The SMILES string of the molecule is OC(Cc1ccncc1)c1c(F)cccc1Cl. The van der Waals surface area contributed by atoms with Crippen LogP contribution in [0.5, 0.6) is 0 Å². The summed E-state index contributed by atoms with van der Waals surface area (Å²) in [5.74, 6) is -0.487. The number of benzene rings is 1. The van der Waals surface area contributed by atoms with Crippen molar-refractivity contribution in [2.45, 2.75) is 12.5 Å². The van der Waals surface area contributed by atoms with E-state index in [4.69, 9.17) is 11.6 Å². The van der Waals surface area contributed by atoms with Crippen LogP contribution < -0.4 is 0 Å². The van der Waals surface area contributed by atoms with Crippen molar-refractivity contribution in [2.75, 3.05) is 0 Å². The zero-order valence-corrected chi connectivity index (χ0v) is 9.73. The molecular formula is C13H11ClFNO. The van der Waals surface area contributed by atoms with Crippen molar-refractivity contribution in [3.8, 4) is 0 Å². The summed E-state index contributed by atoms with van der Waals surface area (Å²) in [7, 11) is 0. The molecule has 0 radical (unpaired) electrons. The lowest BCUT2D eigenvalue weighted by atomic mass is 10.0. The highest BCUT2D eigenvalue weighted by molar-refractivity contribution is 6.31. The Morgan fingerprint density at radius 2 is 1.94 bits per heavy atom. The molecule has 0 aliphatic heterocycles. The molecule has 17 heavy (non-hydrogen) atoms. The minimum atomic E-state index is -0.953. The molecule has 0 saturated carbocycles. The lowest BCUT2D eigenvalue weighted by Gasteiger charge is -2.13. The van der Waals surface area contributed by atoms with Crippen LogP contribution in [0.25, 0.3) is 0 Å². The molecule has 1 unspecified atom stereocenters. The number of hydrogen-bond donors (Lipinski definition) is 1. The van der Waals surface area contributed by atoms with E-state index in [0.29, 0.717) is 6.42 Å². The first-order valence-corrected chi connectivity index (χ1v) is 5.57. The number of nitrogens with zero attached hydrogens (tertiary/aromatic N) is 1. The summed E-state index contributed by atoms with van der Waals surface area (Å²) < 4.78 is 13.5. The summed E-state index contributed by atoms with van der Waals surface area (Å²) in [6, 6.07) is 7.92. The molecule has 0 saturated heterocycles. The zero-order chi connectivity index (χ0) is 12.3. The van der Waals surface area contributed by atoms with Gasteiger partial charge < -0.3 is 5.11 Å². The van der Waals surface area contributed by atoms with Crippen molar-refractivity contribution in [1.82, 2.24) is 4.98 Å². The Kier molecular flexibility index (Phi) is 3.71. The molecule has 1 aromatic carbocycles. The van der Waals surface area contributed by atoms with E-state index in [9.17, 15) is 9.50 Å². The van der Waals surface area contributed by atoms with Crippen LogP contribution in [-0.4, -0.2) is 10.1 Å². The first-order valence-electron chi connectivity index (χ1n) is 5.19. The van der Waals surface area contributed by atoms with E-state index in [2.05, 4.69) is 4.98 Å². The van der Waals surface area contributed by atoms with Gasteiger partial charge in [0.15, 0.2) is 0 Å². The Hall–Kier alpha value is -1.45. The molecule has 0 aliphatic rings. The number of aliphatic hydroxyl groups is 1. The summed E-state index contributed by atoms with van der Waals surface area (Å²) in [4.78, 5) is 3.88. The van der Waals surface area contributed by atoms with Crippen molar-refractivity contribution < 1.29 is 9.50 Å². The lowest BCUT2D eigenvalue weighted by molar-refractivity contribution is 0.173. The van der Waals surface area contributed by atoms with Gasteiger partial charge in [-0.15, -0.1) is 0 Å². The zero-order valence-electron chi connectivity index (χ0n) is 8.98. The Morgan fingerprint density at radius 3 is 2.59 bits per heavy atom. The molecule has 2 rings (SSSR count). The van der Waals surface area contributed by atoms with Gasteiger partial charge in [0.1, 0.15) is 5.82 Å². The van der Waals surface area contributed by atoms with Gasteiger partial charge in [-0.2, -0.15) is 0 Å². The summed E-state index contributed by atoms with van der Waals surface area (Å²) in [5, 5.41) is 10.2. The van der Waals surface area contributed by atoms with E-state index >= 15 is 0 Å².